The fraction of sp³-hybridized carbons (Fsp3) is 0.320. The zero-order valence-corrected chi connectivity index (χ0v) is 21.2. The summed E-state index contributed by atoms with van der Waals surface area (Å²) in [5.41, 5.74) is 1.67. The Labute approximate surface area is 217 Å². The number of alkyl halides is 3. The fourth-order valence-electron chi connectivity index (χ4n) is 4.17. The van der Waals surface area contributed by atoms with E-state index < -0.39 is 11.7 Å². The monoisotopic (exact) mass is 537 g/mol. The van der Waals surface area contributed by atoms with Gasteiger partial charge in [0.05, 0.1) is 21.3 Å². The van der Waals surface area contributed by atoms with Crippen molar-refractivity contribution in [3.63, 3.8) is 0 Å². The van der Waals surface area contributed by atoms with Crippen LogP contribution >= 0.6 is 23.2 Å². The number of piperazine rings is 1. The third-order valence-electron chi connectivity index (χ3n) is 6.00. The first-order chi connectivity index (χ1) is 17.0. The average molecular weight is 538 g/mol. The van der Waals surface area contributed by atoms with Crippen molar-refractivity contribution in [3.8, 4) is 0 Å². The molecule has 6 nitrogen and oxygen atoms in total. The summed E-state index contributed by atoms with van der Waals surface area (Å²) >= 11 is 12.3. The molecular weight excluding hydrogens is 514 g/mol. The second-order valence-corrected chi connectivity index (χ2v) is 9.35. The van der Waals surface area contributed by atoms with Crippen LogP contribution in [0.5, 0.6) is 0 Å². The maximum Gasteiger partial charge on any atom is 0.416 e. The van der Waals surface area contributed by atoms with Gasteiger partial charge in [0.2, 0.25) is 0 Å². The molecule has 2 amide bonds. The van der Waals surface area contributed by atoms with Gasteiger partial charge in [-0.15, -0.1) is 0 Å². The number of amides is 2. The van der Waals surface area contributed by atoms with E-state index in [1.807, 2.05) is 11.8 Å². The van der Waals surface area contributed by atoms with Crippen molar-refractivity contribution < 1.29 is 18.0 Å². The van der Waals surface area contributed by atoms with E-state index in [1.54, 1.807) is 36.1 Å². The molecule has 1 aliphatic rings. The maximum absolute atomic E-state index is 13.2. The van der Waals surface area contributed by atoms with E-state index in [0.717, 1.165) is 17.7 Å². The minimum atomic E-state index is -4.41. The van der Waals surface area contributed by atoms with Gasteiger partial charge in [0.15, 0.2) is 0 Å². The van der Waals surface area contributed by atoms with Crippen LogP contribution in [-0.4, -0.2) is 47.1 Å². The molecule has 0 spiro atoms. The number of hydrogen-bond acceptors (Lipinski definition) is 4. The fourth-order valence-corrected chi connectivity index (χ4v) is 4.66. The Bertz CT molecular complexity index is 1260. The lowest BCUT2D eigenvalue weighted by atomic mass is 10.0. The predicted molar refractivity (Wildman–Crippen MR) is 135 cm³/mol. The highest BCUT2D eigenvalue weighted by molar-refractivity contribution is 6.39. The minimum absolute atomic E-state index is 0.261. The van der Waals surface area contributed by atoms with Crippen LogP contribution in [0, 0.1) is 13.8 Å². The van der Waals surface area contributed by atoms with Gasteiger partial charge >= 0.3 is 12.2 Å². The van der Waals surface area contributed by atoms with Gasteiger partial charge in [-0.3, -0.25) is 0 Å². The molecule has 0 atom stereocenters. The second-order valence-electron chi connectivity index (χ2n) is 8.53. The molecule has 2 heterocycles. The highest BCUT2D eigenvalue weighted by atomic mass is 35.5. The molecule has 1 saturated heterocycles. The predicted octanol–water partition coefficient (Wildman–Crippen LogP) is 6.36. The maximum atomic E-state index is 13.2. The highest BCUT2D eigenvalue weighted by Crippen LogP contribution is 2.32. The summed E-state index contributed by atoms with van der Waals surface area (Å²) in [6, 6.07) is 9.96. The van der Waals surface area contributed by atoms with Crippen molar-refractivity contribution in [1.82, 2.24) is 14.9 Å². The van der Waals surface area contributed by atoms with E-state index in [1.165, 1.54) is 6.07 Å². The number of anilines is 2. The van der Waals surface area contributed by atoms with Crippen molar-refractivity contribution in [2.75, 3.05) is 36.4 Å². The molecular formula is C25H24Cl2F3N5O. The van der Waals surface area contributed by atoms with E-state index >= 15 is 0 Å². The number of aryl methyl sites for hydroxylation is 2. The summed E-state index contributed by atoms with van der Waals surface area (Å²) < 4.78 is 39.6. The lowest BCUT2D eigenvalue weighted by Crippen LogP contribution is -2.50. The molecule has 0 bridgehead atoms. The molecule has 36 heavy (non-hydrogen) atoms. The third-order valence-corrected chi connectivity index (χ3v) is 6.63. The van der Waals surface area contributed by atoms with E-state index in [0.29, 0.717) is 64.8 Å². The van der Waals surface area contributed by atoms with E-state index in [2.05, 4.69) is 15.3 Å². The van der Waals surface area contributed by atoms with Gasteiger partial charge in [0.1, 0.15) is 11.6 Å². The normalized spacial score (nSPS) is 14.2. The van der Waals surface area contributed by atoms with Gasteiger partial charge < -0.3 is 15.1 Å². The third kappa shape index (κ3) is 5.84. The Kier molecular flexibility index (Phi) is 7.61. The number of aromatic nitrogens is 2. The number of carbonyl (C=O) groups excluding carboxylic acids is 1. The second kappa shape index (κ2) is 10.5. The van der Waals surface area contributed by atoms with E-state index in [9.17, 15) is 18.0 Å². The zero-order valence-electron chi connectivity index (χ0n) is 19.7. The molecule has 190 valence electrons. The van der Waals surface area contributed by atoms with Crippen LogP contribution in [0.1, 0.15) is 28.2 Å². The van der Waals surface area contributed by atoms with E-state index in [-0.39, 0.29) is 12.5 Å². The Morgan fingerprint density at radius 2 is 1.64 bits per heavy atom. The number of para-hydroxylation sites is 1. The SMILES string of the molecule is Cc1nc(C)c(Cc2cccc(C(F)(F)F)c2)c(N2CCN(C(=O)Nc3c(Cl)cccc3Cl)CC2)n1. The van der Waals surface area contributed by atoms with Crippen molar-refractivity contribution in [2.45, 2.75) is 26.4 Å². The van der Waals surface area contributed by atoms with Crippen molar-refractivity contribution >= 4 is 40.7 Å². The largest absolute Gasteiger partial charge is 0.416 e. The number of nitrogens with one attached hydrogen (secondary N) is 1. The summed E-state index contributed by atoms with van der Waals surface area (Å²) in [7, 11) is 0. The molecule has 0 saturated carbocycles. The van der Waals surface area contributed by atoms with Crippen molar-refractivity contribution in [3.05, 3.63) is 80.7 Å². The summed E-state index contributed by atoms with van der Waals surface area (Å²) in [5, 5.41) is 3.47. The van der Waals surface area contributed by atoms with Crippen LogP contribution in [-0.2, 0) is 12.6 Å². The molecule has 1 fully saturated rings. The molecule has 0 radical (unpaired) electrons. The van der Waals surface area contributed by atoms with Crippen LogP contribution < -0.4 is 10.2 Å². The minimum Gasteiger partial charge on any atom is -0.353 e. The van der Waals surface area contributed by atoms with Crippen LogP contribution in [0.3, 0.4) is 0 Å². The van der Waals surface area contributed by atoms with Crippen LogP contribution in [0.15, 0.2) is 42.5 Å². The Hall–Kier alpha value is -3.04. The average Bonchev–Trinajstić information content (AvgIpc) is 2.83. The van der Waals surface area contributed by atoms with Crippen LogP contribution in [0.4, 0.5) is 29.5 Å². The first-order valence-electron chi connectivity index (χ1n) is 11.3. The van der Waals surface area contributed by atoms with Gasteiger partial charge in [-0.2, -0.15) is 13.2 Å². The van der Waals surface area contributed by atoms with Gasteiger partial charge in [-0.1, -0.05) is 47.5 Å². The first kappa shape index (κ1) is 26.0. The topological polar surface area (TPSA) is 61.4 Å². The van der Waals surface area contributed by atoms with Gasteiger partial charge in [0.25, 0.3) is 0 Å². The standard InChI is InChI=1S/C25H24Cl2F3N5O/c1-15-19(14-17-5-3-6-18(13-17)25(28,29)30)23(32-16(2)31-15)34-9-11-35(12-10-34)24(36)33-22-20(26)7-4-8-21(22)27/h3-8,13H,9-12,14H2,1-2H3,(H,33,36). The quantitative estimate of drug-likeness (QED) is 0.420. The Balaban J connectivity index is 1.50. The molecule has 1 aromatic heterocycles. The Morgan fingerprint density at radius 3 is 2.28 bits per heavy atom. The lowest BCUT2D eigenvalue weighted by molar-refractivity contribution is -0.137. The molecule has 1 aliphatic heterocycles. The molecule has 0 aliphatic carbocycles. The first-order valence-corrected chi connectivity index (χ1v) is 12.0. The van der Waals surface area contributed by atoms with Gasteiger partial charge in [-0.05, 0) is 37.6 Å². The number of nitrogens with zero attached hydrogens (tertiary/aromatic N) is 4. The van der Waals surface area contributed by atoms with Crippen molar-refractivity contribution in [2.24, 2.45) is 0 Å². The highest BCUT2D eigenvalue weighted by Gasteiger charge is 2.31. The van der Waals surface area contributed by atoms with Crippen LogP contribution in [0.2, 0.25) is 10.0 Å². The summed E-state index contributed by atoms with van der Waals surface area (Å²) in [6.07, 6.45) is -4.15. The number of urea groups is 1. The molecule has 0 unspecified atom stereocenters. The van der Waals surface area contributed by atoms with Crippen molar-refractivity contribution in [1.29, 1.82) is 0 Å². The number of halogens is 5. The summed E-state index contributed by atoms with van der Waals surface area (Å²) in [6.45, 7) is 5.43. The number of carbonyl (C=O) groups is 1. The molecule has 3 aromatic rings. The van der Waals surface area contributed by atoms with E-state index in [4.69, 9.17) is 23.2 Å². The van der Waals surface area contributed by atoms with Crippen LogP contribution in [0.25, 0.3) is 0 Å². The number of rotatable bonds is 4. The van der Waals surface area contributed by atoms with Gasteiger partial charge in [-0.25, -0.2) is 14.8 Å². The molecule has 1 N–H and O–H groups in total. The zero-order chi connectivity index (χ0) is 26.0. The van der Waals surface area contributed by atoms with Gasteiger partial charge in [0, 0.05) is 43.9 Å². The Morgan fingerprint density at radius 1 is 1.00 bits per heavy atom. The number of hydrogen-bond donors (Lipinski definition) is 1. The number of benzene rings is 2. The smallest absolute Gasteiger partial charge is 0.353 e. The molecule has 4 rings (SSSR count). The summed E-state index contributed by atoms with van der Waals surface area (Å²) in [4.78, 5) is 25.6. The molecule has 2 aromatic carbocycles. The molecule has 11 heteroatoms. The lowest BCUT2D eigenvalue weighted by Gasteiger charge is -2.36. The summed E-state index contributed by atoms with van der Waals surface area (Å²) in [5.74, 6) is 1.25.